The van der Waals surface area contributed by atoms with Gasteiger partial charge >= 0.3 is 6.03 Å². The summed E-state index contributed by atoms with van der Waals surface area (Å²) in [7, 11) is 0. The number of rotatable bonds is 5. The highest BCUT2D eigenvalue weighted by atomic mass is 35.5. The first kappa shape index (κ1) is 15.7. The van der Waals surface area contributed by atoms with Gasteiger partial charge in [-0.15, -0.1) is 11.8 Å². The molecule has 0 heterocycles. The third-order valence-corrected chi connectivity index (χ3v) is 3.88. The van der Waals surface area contributed by atoms with E-state index >= 15 is 0 Å². The van der Waals surface area contributed by atoms with Crippen LogP contribution in [0.4, 0.5) is 10.5 Å². The molecule has 110 valence electrons. The molecule has 0 saturated heterocycles. The zero-order valence-corrected chi connectivity index (χ0v) is 13.3. The molecule has 0 aliphatic carbocycles. The lowest BCUT2D eigenvalue weighted by Crippen LogP contribution is -2.30. The van der Waals surface area contributed by atoms with Gasteiger partial charge in [0.2, 0.25) is 0 Å². The molecule has 2 rings (SSSR count). The van der Waals surface area contributed by atoms with Crippen LogP contribution in [0, 0.1) is 0 Å². The second-order valence-electron chi connectivity index (χ2n) is 4.49. The third kappa shape index (κ3) is 5.33. The second kappa shape index (κ2) is 7.96. The van der Waals surface area contributed by atoms with Crippen LogP contribution in [-0.2, 0) is 6.42 Å². The topological polar surface area (TPSA) is 41.1 Å². The monoisotopic (exact) mass is 320 g/mol. The van der Waals surface area contributed by atoms with Crippen LogP contribution in [0.1, 0.15) is 5.56 Å². The number of urea groups is 1. The van der Waals surface area contributed by atoms with Crippen LogP contribution in [0.3, 0.4) is 0 Å². The molecule has 0 aliphatic rings. The zero-order chi connectivity index (χ0) is 15.1. The van der Waals surface area contributed by atoms with Gasteiger partial charge in [-0.2, -0.15) is 0 Å². The lowest BCUT2D eigenvalue weighted by atomic mass is 10.1. The minimum atomic E-state index is -0.199. The summed E-state index contributed by atoms with van der Waals surface area (Å²) >= 11 is 7.56. The van der Waals surface area contributed by atoms with E-state index in [2.05, 4.69) is 10.6 Å². The second-order valence-corrected chi connectivity index (χ2v) is 5.81. The quantitative estimate of drug-likeness (QED) is 0.800. The van der Waals surface area contributed by atoms with Crippen LogP contribution in [0.15, 0.2) is 53.4 Å². The van der Waals surface area contributed by atoms with Gasteiger partial charge in [0.05, 0.1) is 0 Å². The summed E-state index contributed by atoms with van der Waals surface area (Å²) < 4.78 is 0. The molecule has 3 nitrogen and oxygen atoms in total. The standard InChI is InChI=1S/C16H17ClN2OS/c1-21-15-7-3-6-14(11-15)19-16(20)18-9-8-12-4-2-5-13(17)10-12/h2-7,10-11H,8-9H2,1H3,(H2,18,19,20). The molecule has 0 bridgehead atoms. The summed E-state index contributed by atoms with van der Waals surface area (Å²) in [6.07, 6.45) is 2.75. The van der Waals surface area contributed by atoms with Crippen molar-refractivity contribution in [3.05, 3.63) is 59.1 Å². The Hall–Kier alpha value is -1.65. The Balaban J connectivity index is 1.79. The predicted octanol–water partition coefficient (Wildman–Crippen LogP) is 4.43. The fraction of sp³-hybridized carbons (Fsp3) is 0.188. The largest absolute Gasteiger partial charge is 0.338 e. The SMILES string of the molecule is CSc1cccc(NC(=O)NCCc2cccc(Cl)c2)c1. The minimum absolute atomic E-state index is 0.199. The third-order valence-electron chi connectivity index (χ3n) is 2.92. The van der Waals surface area contributed by atoms with Gasteiger partial charge in [-0.05, 0) is 48.6 Å². The van der Waals surface area contributed by atoms with Crippen molar-refractivity contribution in [2.24, 2.45) is 0 Å². The van der Waals surface area contributed by atoms with E-state index in [1.807, 2.05) is 54.8 Å². The maximum absolute atomic E-state index is 11.8. The van der Waals surface area contributed by atoms with Gasteiger partial charge in [-0.25, -0.2) is 4.79 Å². The summed E-state index contributed by atoms with van der Waals surface area (Å²) in [4.78, 5) is 12.9. The molecule has 0 radical (unpaired) electrons. The van der Waals surface area contributed by atoms with E-state index in [9.17, 15) is 4.79 Å². The lowest BCUT2D eigenvalue weighted by Gasteiger charge is -2.08. The van der Waals surface area contributed by atoms with Gasteiger partial charge < -0.3 is 10.6 Å². The number of benzene rings is 2. The summed E-state index contributed by atoms with van der Waals surface area (Å²) in [6.45, 7) is 0.564. The summed E-state index contributed by atoms with van der Waals surface area (Å²) in [5.74, 6) is 0. The van der Waals surface area contributed by atoms with Gasteiger partial charge in [0.25, 0.3) is 0 Å². The molecule has 0 atom stereocenters. The van der Waals surface area contributed by atoms with E-state index < -0.39 is 0 Å². The van der Waals surface area contributed by atoms with Crippen LogP contribution < -0.4 is 10.6 Å². The number of hydrogen-bond donors (Lipinski definition) is 2. The van der Waals surface area contributed by atoms with E-state index in [4.69, 9.17) is 11.6 Å². The summed E-state index contributed by atoms with van der Waals surface area (Å²) in [5, 5.41) is 6.38. The molecule has 2 amide bonds. The van der Waals surface area contributed by atoms with Crippen LogP contribution in [0.2, 0.25) is 5.02 Å². The molecule has 0 saturated carbocycles. The fourth-order valence-corrected chi connectivity index (χ4v) is 2.56. The first-order valence-corrected chi connectivity index (χ1v) is 8.21. The Morgan fingerprint density at radius 1 is 1.19 bits per heavy atom. The van der Waals surface area contributed by atoms with Crippen LogP contribution in [-0.4, -0.2) is 18.8 Å². The van der Waals surface area contributed by atoms with Crippen molar-refractivity contribution in [2.75, 3.05) is 18.1 Å². The van der Waals surface area contributed by atoms with Crippen molar-refractivity contribution in [2.45, 2.75) is 11.3 Å². The van der Waals surface area contributed by atoms with Gasteiger partial charge in [0, 0.05) is 22.2 Å². The van der Waals surface area contributed by atoms with Crippen molar-refractivity contribution in [1.29, 1.82) is 0 Å². The average molecular weight is 321 g/mol. The fourth-order valence-electron chi connectivity index (χ4n) is 1.89. The highest BCUT2D eigenvalue weighted by molar-refractivity contribution is 7.98. The zero-order valence-electron chi connectivity index (χ0n) is 11.7. The number of amides is 2. The molecule has 5 heteroatoms. The summed E-state index contributed by atoms with van der Waals surface area (Å²) in [6, 6.07) is 15.2. The highest BCUT2D eigenvalue weighted by Crippen LogP contribution is 2.18. The Kier molecular flexibility index (Phi) is 5.96. The van der Waals surface area contributed by atoms with Crippen LogP contribution in [0.25, 0.3) is 0 Å². The lowest BCUT2D eigenvalue weighted by molar-refractivity contribution is 0.252. The van der Waals surface area contributed by atoms with Gasteiger partial charge in [0.15, 0.2) is 0 Å². The number of nitrogens with one attached hydrogen (secondary N) is 2. The average Bonchev–Trinajstić information content (AvgIpc) is 2.47. The molecule has 2 N–H and O–H groups in total. The van der Waals surface area contributed by atoms with E-state index in [0.29, 0.717) is 11.6 Å². The number of carbonyl (C=O) groups excluding carboxylic acids is 1. The van der Waals surface area contributed by atoms with E-state index in [1.54, 1.807) is 11.8 Å². The van der Waals surface area contributed by atoms with E-state index in [1.165, 1.54) is 0 Å². The molecule has 0 spiro atoms. The summed E-state index contributed by atoms with van der Waals surface area (Å²) in [5.41, 5.74) is 1.90. The first-order valence-electron chi connectivity index (χ1n) is 6.61. The number of carbonyl (C=O) groups is 1. The van der Waals surface area contributed by atoms with Gasteiger partial charge in [-0.3, -0.25) is 0 Å². The molecule has 0 unspecified atom stereocenters. The molecular formula is C16H17ClN2OS. The van der Waals surface area contributed by atoms with Gasteiger partial charge in [-0.1, -0.05) is 29.8 Å². The Morgan fingerprint density at radius 2 is 2.00 bits per heavy atom. The predicted molar refractivity (Wildman–Crippen MR) is 90.4 cm³/mol. The normalized spacial score (nSPS) is 10.2. The van der Waals surface area contributed by atoms with E-state index in [0.717, 1.165) is 22.6 Å². The maximum Gasteiger partial charge on any atom is 0.319 e. The highest BCUT2D eigenvalue weighted by Gasteiger charge is 2.02. The van der Waals surface area contributed by atoms with Crippen molar-refractivity contribution >= 4 is 35.1 Å². The van der Waals surface area contributed by atoms with Crippen molar-refractivity contribution in [1.82, 2.24) is 5.32 Å². The number of hydrogen-bond acceptors (Lipinski definition) is 2. The Labute approximate surface area is 134 Å². The number of halogens is 1. The maximum atomic E-state index is 11.8. The Morgan fingerprint density at radius 3 is 2.76 bits per heavy atom. The molecule has 2 aromatic rings. The molecule has 2 aromatic carbocycles. The van der Waals surface area contributed by atoms with Crippen molar-refractivity contribution < 1.29 is 4.79 Å². The molecular weight excluding hydrogens is 304 g/mol. The number of thioether (sulfide) groups is 1. The molecule has 0 aliphatic heterocycles. The number of anilines is 1. The van der Waals surface area contributed by atoms with E-state index in [-0.39, 0.29) is 6.03 Å². The van der Waals surface area contributed by atoms with Crippen LogP contribution >= 0.6 is 23.4 Å². The Bertz CT molecular complexity index is 619. The first-order chi connectivity index (χ1) is 10.2. The van der Waals surface area contributed by atoms with Crippen LogP contribution in [0.5, 0.6) is 0 Å². The van der Waals surface area contributed by atoms with Crippen molar-refractivity contribution in [3.63, 3.8) is 0 Å². The smallest absolute Gasteiger partial charge is 0.319 e. The van der Waals surface area contributed by atoms with Crippen molar-refractivity contribution in [3.8, 4) is 0 Å². The molecule has 0 aromatic heterocycles. The molecule has 21 heavy (non-hydrogen) atoms. The minimum Gasteiger partial charge on any atom is -0.338 e. The molecule has 0 fully saturated rings. The van der Waals surface area contributed by atoms with Gasteiger partial charge in [0.1, 0.15) is 0 Å².